The first-order valence-electron chi connectivity index (χ1n) is 5.93. The number of nitrogens with zero attached hydrogens (tertiary/aromatic N) is 3. The summed E-state index contributed by atoms with van der Waals surface area (Å²) in [5.41, 5.74) is 0.604. The lowest BCUT2D eigenvalue weighted by molar-refractivity contribution is 0.407. The first-order valence-corrected chi connectivity index (χ1v) is 5.93. The fourth-order valence-corrected chi connectivity index (χ4v) is 2.01. The van der Waals surface area contributed by atoms with E-state index in [2.05, 4.69) is 10.3 Å². The van der Waals surface area contributed by atoms with Crippen molar-refractivity contribution in [1.82, 2.24) is 15.0 Å². The van der Waals surface area contributed by atoms with Gasteiger partial charge in [0.25, 0.3) is 5.56 Å². The second-order valence-electron chi connectivity index (χ2n) is 4.18. The molecule has 3 rings (SSSR count). The van der Waals surface area contributed by atoms with E-state index < -0.39 is 5.56 Å². The SMILES string of the molecule is COc1ccc(-n2nnc(=O)c3ccccc32)c(O)c1. The van der Waals surface area contributed by atoms with E-state index in [0.29, 0.717) is 22.3 Å². The minimum absolute atomic E-state index is 0.00699. The number of aromatic nitrogens is 3. The number of benzene rings is 2. The molecule has 0 radical (unpaired) electrons. The van der Waals surface area contributed by atoms with Crippen molar-refractivity contribution in [2.24, 2.45) is 0 Å². The maximum atomic E-state index is 11.7. The molecule has 0 aliphatic heterocycles. The maximum absolute atomic E-state index is 11.7. The highest BCUT2D eigenvalue weighted by Crippen LogP contribution is 2.27. The smallest absolute Gasteiger partial charge is 0.299 e. The van der Waals surface area contributed by atoms with Gasteiger partial charge in [0.05, 0.1) is 18.0 Å². The molecule has 0 bridgehead atoms. The van der Waals surface area contributed by atoms with Gasteiger partial charge in [-0.3, -0.25) is 4.79 Å². The fraction of sp³-hybridized carbons (Fsp3) is 0.0714. The van der Waals surface area contributed by atoms with Gasteiger partial charge in [-0.2, -0.15) is 0 Å². The van der Waals surface area contributed by atoms with Crippen molar-refractivity contribution >= 4 is 10.9 Å². The van der Waals surface area contributed by atoms with Gasteiger partial charge in [0.1, 0.15) is 17.2 Å². The highest BCUT2D eigenvalue weighted by molar-refractivity contribution is 5.79. The van der Waals surface area contributed by atoms with Gasteiger partial charge in [-0.05, 0) is 24.3 Å². The Morgan fingerprint density at radius 3 is 2.75 bits per heavy atom. The average molecular weight is 269 g/mol. The molecule has 0 aliphatic rings. The number of rotatable bonds is 2. The first-order chi connectivity index (χ1) is 9.70. The van der Waals surface area contributed by atoms with Crippen LogP contribution in [0.25, 0.3) is 16.6 Å². The van der Waals surface area contributed by atoms with E-state index in [1.807, 2.05) is 0 Å². The maximum Gasteiger partial charge on any atom is 0.299 e. The van der Waals surface area contributed by atoms with E-state index in [1.165, 1.54) is 17.9 Å². The topological polar surface area (TPSA) is 77.2 Å². The molecule has 100 valence electrons. The van der Waals surface area contributed by atoms with Crippen molar-refractivity contribution in [3.8, 4) is 17.2 Å². The molecule has 0 amide bonds. The summed E-state index contributed by atoms with van der Waals surface area (Å²) in [5.74, 6) is 0.525. The van der Waals surface area contributed by atoms with E-state index in [4.69, 9.17) is 4.74 Å². The van der Waals surface area contributed by atoms with Crippen LogP contribution in [-0.2, 0) is 0 Å². The number of aromatic hydroxyl groups is 1. The summed E-state index contributed by atoms with van der Waals surface area (Å²) in [6, 6.07) is 11.8. The predicted octanol–water partition coefficient (Wildman–Crippen LogP) is 1.49. The van der Waals surface area contributed by atoms with Crippen molar-refractivity contribution < 1.29 is 9.84 Å². The molecule has 1 aromatic heterocycles. The van der Waals surface area contributed by atoms with Gasteiger partial charge in [0, 0.05) is 6.07 Å². The summed E-state index contributed by atoms with van der Waals surface area (Å²) in [7, 11) is 1.52. The number of hydrogen-bond acceptors (Lipinski definition) is 5. The molecule has 1 heterocycles. The highest BCUT2D eigenvalue weighted by Gasteiger charge is 2.10. The molecule has 0 spiro atoms. The monoisotopic (exact) mass is 269 g/mol. The molecule has 0 saturated carbocycles. The minimum atomic E-state index is -0.398. The van der Waals surface area contributed by atoms with Gasteiger partial charge in [-0.1, -0.05) is 22.4 Å². The lowest BCUT2D eigenvalue weighted by atomic mass is 10.2. The quantitative estimate of drug-likeness (QED) is 0.762. The molecular formula is C14H11N3O3. The number of para-hydroxylation sites is 1. The van der Waals surface area contributed by atoms with E-state index >= 15 is 0 Å². The Kier molecular flexibility index (Phi) is 2.83. The summed E-state index contributed by atoms with van der Waals surface area (Å²) in [5, 5.41) is 17.9. The van der Waals surface area contributed by atoms with Crippen LogP contribution in [0.3, 0.4) is 0 Å². The lowest BCUT2D eigenvalue weighted by Gasteiger charge is -2.10. The Bertz CT molecular complexity index is 842. The first kappa shape index (κ1) is 12.2. The summed E-state index contributed by atoms with van der Waals surface area (Å²) in [6.07, 6.45) is 0. The van der Waals surface area contributed by atoms with Crippen LogP contribution in [0.2, 0.25) is 0 Å². The molecule has 0 atom stereocenters. The van der Waals surface area contributed by atoms with E-state index in [9.17, 15) is 9.90 Å². The van der Waals surface area contributed by atoms with Crippen LogP contribution in [-0.4, -0.2) is 27.2 Å². The summed E-state index contributed by atoms with van der Waals surface area (Å²) >= 11 is 0. The third kappa shape index (κ3) is 1.87. The van der Waals surface area contributed by atoms with Crippen LogP contribution in [0.4, 0.5) is 0 Å². The third-order valence-electron chi connectivity index (χ3n) is 3.00. The van der Waals surface area contributed by atoms with Crippen molar-refractivity contribution in [3.05, 3.63) is 52.8 Å². The molecular weight excluding hydrogens is 258 g/mol. The predicted molar refractivity (Wildman–Crippen MR) is 73.4 cm³/mol. The lowest BCUT2D eigenvalue weighted by Crippen LogP contribution is -2.15. The van der Waals surface area contributed by atoms with E-state index in [-0.39, 0.29) is 5.75 Å². The van der Waals surface area contributed by atoms with Crippen molar-refractivity contribution in [3.63, 3.8) is 0 Å². The summed E-state index contributed by atoms with van der Waals surface area (Å²) in [4.78, 5) is 11.7. The van der Waals surface area contributed by atoms with Crippen LogP contribution in [0.5, 0.6) is 11.5 Å². The fourth-order valence-electron chi connectivity index (χ4n) is 2.01. The summed E-state index contributed by atoms with van der Waals surface area (Å²) < 4.78 is 6.46. The number of hydrogen-bond donors (Lipinski definition) is 1. The Morgan fingerprint density at radius 2 is 2.00 bits per heavy atom. The minimum Gasteiger partial charge on any atom is -0.506 e. The Balaban J connectivity index is 2.30. The van der Waals surface area contributed by atoms with Gasteiger partial charge < -0.3 is 9.84 Å². The zero-order valence-electron chi connectivity index (χ0n) is 10.6. The third-order valence-corrected chi connectivity index (χ3v) is 3.00. The largest absolute Gasteiger partial charge is 0.506 e. The van der Waals surface area contributed by atoms with Gasteiger partial charge in [-0.25, -0.2) is 4.68 Å². The van der Waals surface area contributed by atoms with Gasteiger partial charge >= 0.3 is 0 Å². The van der Waals surface area contributed by atoms with Gasteiger partial charge in [0.2, 0.25) is 0 Å². The van der Waals surface area contributed by atoms with Crippen LogP contribution in [0.1, 0.15) is 0 Å². The Morgan fingerprint density at radius 1 is 1.20 bits per heavy atom. The molecule has 20 heavy (non-hydrogen) atoms. The standard InChI is InChI=1S/C14H11N3O3/c1-20-9-6-7-12(13(18)8-9)17-11-5-3-2-4-10(11)14(19)15-16-17/h2-8,18H,1H3. The molecule has 0 fully saturated rings. The zero-order valence-corrected chi connectivity index (χ0v) is 10.6. The Labute approximate surface area is 113 Å². The number of fused-ring (bicyclic) bond motifs is 1. The molecule has 0 aliphatic carbocycles. The van der Waals surface area contributed by atoms with E-state index in [1.54, 1.807) is 36.4 Å². The van der Waals surface area contributed by atoms with Crippen LogP contribution < -0.4 is 10.3 Å². The van der Waals surface area contributed by atoms with Crippen molar-refractivity contribution in [1.29, 1.82) is 0 Å². The number of ether oxygens (including phenoxy) is 1. The van der Waals surface area contributed by atoms with Crippen molar-refractivity contribution in [2.75, 3.05) is 7.11 Å². The van der Waals surface area contributed by atoms with Gasteiger partial charge in [0.15, 0.2) is 0 Å². The zero-order chi connectivity index (χ0) is 14.1. The van der Waals surface area contributed by atoms with Crippen LogP contribution in [0, 0.1) is 0 Å². The molecule has 0 saturated heterocycles. The molecule has 6 heteroatoms. The normalized spacial score (nSPS) is 10.7. The van der Waals surface area contributed by atoms with E-state index in [0.717, 1.165) is 0 Å². The molecule has 2 aromatic carbocycles. The summed E-state index contributed by atoms with van der Waals surface area (Å²) in [6.45, 7) is 0. The van der Waals surface area contributed by atoms with Crippen molar-refractivity contribution in [2.45, 2.75) is 0 Å². The van der Waals surface area contributed by atoms with Gasteiger partial charge in [-0.15, -0.1) is 0 Å². The second kappa shape index (κ2) is 4.65. The number of phenolic OH excluding ortho intramolecular Hbond substituents is 1. The molecule has 1 N–H and O–H groups in total. The Hall–Kier alpha value is -2.89. The number of methoxy groups -OCH3 is 1. The van der Waals surface area contributed by atoms with Crippen LogP contribution in [0.15, 0.2) is 47.3 Å². The molecule has 0 unspecified atom stereocenters. The van der Waals surface area contributed by atoms with Crippen LogP contribution >= 0.6 is 0 Å². The highest BCUT2D eigenvalue weighted by atomic mass is 16.5. The average Bonchev–Trinajstić information content (AvgIpc) is 2.48. The second-order valence-corrected chi connectivity index (χ2v) is 4.18. The molecule has 6 nitrogen and oxygen atoms in total. The number of phenols is 1. The molecule has 3 aromatic rings.